The molecule has 0 heterocycles. The fourth-order valence-electron chi connectivity index (χ4n) is 1.25. The van der Waals surface area contributed by atoms with E-state index in [1.54, 1.807) is 0 Å². The van der Waals surface area contributed by atoms with Gasteiger partial charge in [-0.25, -0.2) is 10.0 Å². The number of Topliss-reactive ketones (excluding diaryl/α,β-unsaturated/α-hetero) is 1. The summed E-state index contributed by atoms with van der Waals surface area (Å²) in [5.41, 5.74) is 0. The van der Waals surface area contributed by atoms with Crippen molar-refractivity contribution in [2.45, 2.75) is 41.5 Å². The van der Waals surface area contributed by atoms with E-state index in [9.17, 15) is 4.79 Å². The van der Waals surface area contributed by atoms with Gasteiger partial charge in [0.1, 0.15) is 5.78 Å². The molecule has 0 amide bonds. The van der Waals surface area contributed by atoms with E-state index < -0.39 is 0 Å². The minimum atomic E-state index is 0. The van der Waals surface area contributed by atoms with Gasteiger partial charge in [-0.3, -0.25) is 0 Å². The Bertz CT molecular complexity index is 121. The van der Waals surface area contributed by atoms with Gasteiger partial charge in [0, 0.05) is 44.7 Å². The summed E-state index contributed by atoms with van der Waals surface area (Å²) in [5, 5.41) is 4.72. The van der Waals surface area contributed by atoms with Crippen molar-refractivity contribution in [2.75, 3.05) is 26.2 Å². The molecular formula is C11H26N2OV. The number of ketones is 1. The first-order valence-electron chi connectivity index (χ1n) is 5.50. The summed E-state index contributed by atoms with van der Waals surface area (Å²) in [6.45, 7) is 16.3. The molecule has 0 aromatic heterocycles. The standard InChI is InChI=1S/C8H20N2.C3H6O.V/c1-5-9(6-2)10(7-3)8-4;1-3(2)4;/h5-8H2,1-4H3;1-2H3;. The average molecular weight is 253 g/mol. The Kier molecular flexibility index (Phi) is 19.4. The molecule has 0 spiro atoms. The van der Waals surface area contributed by atoms with Crippen LogP contribution in [0.15, 0.2) is 0 Å². The molecule has 0 rings (SSSR count). The van der Waals surface area contributed by atoms with Crippen molar-refractivity contribution in [3.8, 4) is 0 Å². The number of carbonyl (C=O) groups excluding carboxylic acids is 1. The van der Waals surface area contributed by atoms with E-state index in [1.807, 2.05) is 0 Å². The SMILES string of the molecule is CC(C)=O.CCN(CC)N(CC)CC.[V]. The molecule has 0 aromatic carbocycles. The normalized spacial score (nSPS) is 9.33. The second kappa shape index (κ2) is 14.2. The van der Waals surface area contributed by atoms with E-state index in [2.05, 4.69) is 37.7 Å². The monoisotopic (exact) mass is 253 g/mol. The van der Waals surface area contributed by atoms with Crippen molar-refractivity contribution in [1.29, 1.82) is 0 Å². The van der Waals surface area contributed by atoms with Crippen LogP contribution in [0, 0.1) is 0 Å². The second-order valence-electron chi connectivity index (χ2n) is 3.19. The Balaban J connectivity index is -0.000000249. The Morgan fingerprint density at radius 2 is 0.933 bits per heavy atom. The molecule has 4 heteroatoms. The predicted octanol–water partition coefficient (Wildman–Crippen LogP) is 2.18. The zero-order valence-electron chi connectivity index (χ0n) is 11.1. The molecule has 0 aliphatic rings. The maximum Gasteiger partial charge on any atom is 0.126 e. The van der Waals surface area contributed by atoms with Gasteiger partial charge in [-0.15, -0.1) is 0 Å². The van der Waals surface area contributed by atoms with Crippen LogP contribution in [0.3, 0.4) is 0 Å². The number of hydrazine groups is 1. The molecule has 3 nitrogen and oxygen atoms in total. The molecule has 0 aliphatic heterocycles. The van der Waals surface area contributed by atoms with E-state index >= 15 is 0 Å². The summed E-state index contributed by atoms with van der Waals surface area (Å²) in [4.78, 5) is 9.44. The zero-order chi connectivity index (χ0) is 11.6. The summed E-state index contributed by atoms with van der Waals surface area (Å²) in [6.07, 6.45) is 0. The third-order valence-electron chi connectivity index (χ3n) is 1.86. The van der Waals surface area contributed by atoms with Gasteiger partial charge in [-0.1, -0.05) is 27.7 Å². The fraction of sp³-hybridized carbons (Fsp3) is 0.909. The maximum atomic E-state index is 9.44. The molecule has 0 aliphatic carbocycles. The van der Waals surface area contributed by atoms with Gasteiger partial charge in [0.25, 0.3) is 0 Å². The largest absolute Gasteiger partial charge is 0.300 e. The molecule has 15 heavy (non-hydrogen) atoms. The first-order chi connectivity index (χ1) is 6.53. The van der Waals surface area contributed by atoms with E-state index in [0.717, 1.165) is 26.2 Å². The smallest absolute Gasteiger partial charge is 0.126 e. The molecular weight excluding hydrogens is 227 g/mol. The summed E-state index contributed by atoms with van der Waals surface area (Å²) < 4.78 is 0. The van der Waals surface area contributed by atoms with Crippen LogP contribution in [0.25, 0.3) is 0 Å². The van der Waals surface area contributed by atoms with Crippen LogP contribution in [0.1, 0.15) is 41.5 Å². The van der Waals surface area contributed by atoms with E-state index in [4.69, 9.17) is 0 Å². The average Bonchev–Trinajstić information content (AvgIpc) is 2.13. The summed E-state index contributed by atoms with van der Waals surface area (Å²) in [7, 11) is 0. The number of hydrogen-bond donors (Lipinski definition) is 0. The number of hydrogen-bond acceptors (Lipinski definition) is 3. The molecule has 0 unspecified atom stereocenters. The van der Waals surface area contributed by atoms with Crippen LogP contribution in [-0.2, 0) is 23.4 Å². The molecule has 0 aromatic rings. The van der Waals surface area contributed by atoms with E-state index in [0.29, 0.717) is 0 Å². The van der Waals surface area contributed by atoms with E-state index in [1.165, 1.54) is 13.8 Å². The van der Waals surface area contributed by atoms with Gasteiger partial charge in [-0.05, 0) is 13.8 Å². The maximum absolute atomic E-state index is 9.44. The van der Waals surface area contributed by atoms with Gasteiger partial charge in [0.15, 0.2) is 0 Å². The van der Waals surface area contributed by atoms with Crippen molar-refractivity contribution in [2.24, 2.45) is 0 Å². The van der Waals surface area contributed by atoms with Crippen LogP contribution >= 0.6 is 0 Å². The zero-order valence-corrected chi connectivity index (χ0v) is 12.5. The Morgan fingerprint density at radius 1 is 0.800 bits per heavy atom. The van der Waals surface area contributed by atoms with Crippen molar-refractivity contribution in [3.63, 3.8) is 0 Å². The number of rotatable bonds is 5. The molecule has 0 atom stereocenters. The number of nitrogens with zero attached hydrogens (tertiary/aromatic N) is 2. The minimum Gasteiger partial charge on any atom is -0.300 e. The molecule has 91 valence electrons. The summed E-state index contributed by atoms with van der Waals surface area (Å²) >= 11 is 0. The Labute approximate surface area is 107 Å². The quantitative estimate of drug-likeness (QED) is 0.702. The van der Waals surface area contributed by atoms with Crippen molar-refractivity contribution in [1.82, 2.24) is 10.0 Å². The number of carbonyl (C=O) groups is 1. The van der Waals surface area contributed by atoms with Crippen LogP contribution in [-0.4, -0.2) is 42.0 Å². The van der Waals surface area contributed by atoms with Crippen molar-refractivity contribution in [3.05, 3.63) is 0 Å². The third kappa shape index (κ3) is 14.2. The van der Waals surface area contributed by atoms with E-state index in [-0.39, 0.29) is 24.3 Å². The molecule has 1 radical (unpaired) electrons. The van der Waals surface area contributed by atoms with Gasteiger partial charge in [0.05, 0.1) is 0 Å². The van der Waals surface area contributed by atoms with Crippen molar-refractivity contribution >= 4 is 5.78 Å². The molecule has 0 saturated carbocycles. The van der Waals surface area contributed by atoms with Gasteiger partial charge in [0.2, 0.25) is 0 Å². The Hall–Kier alpha value is 0.174. The molecule has 0 bridgehead atoms. The van der Waals surface area contributed by atoms with Crippen LogP contribution in [0.2, 0.25) is 0 Å². The van der Waals surface area contributed by atoms with Crippen LogP contribution < -0.4 is 0 Å². The van der Waals surface area contributed by atoms with Crippen molar-refractivity contribution < 1.29 is 23.4 Å². The van der Waals surface area contributed by atoms with Crippen LogP contribution in [0.5, 0.6) is 0 Å². The third-order valence-corrected chi connectivity index (χ3v) is 1.86. The molecule has 0 saturated heterocycles. The second-order valence-corrected chi connectivity index (χ2v) is 3.19. The predicted molar refractivity (Wildman–Crippen MR) is 62.2 cm³/mol. The fourth-order valence-corrected chi connectivity index (χ4v) is 1.25. The Morgan fingerprint density at radius 3 is 1.00 bits per heavy atom. The first-order valence-corrected chi connectivity index (χ1v) is 5.50. The van der Waals surface area contributed by atoms with Gasteiger partial charge >= 0.3 is 0 Å². The summed E-state index contributed by atoms with van der Waals surface area (Å²) in [6, 6.07) is 0. The topological polar surface area (TPSA) is 23.6 Å². The van der Waals surface area contributed by atoms with Crippen LogP contribution in [0.4, 0.5) is 0 Å². The first kappa shape index (κ1) is 20.6. The molecule has 0 N–H and O–H groups in total. The minimum absolute atomic E-state index is 0. The summed E-state index contributed by atoms with van der Waals surface area (Å²) in [5.74, 6) is 0.167. The molecule has 0 fully saturated rings. The van der Waals surface area contributed by atoms with Gasteiger partial charge in [-0.2, -0.15) is 0 Å². The van der Waals surface area contributed by atoms with Gasteiger partial charge < -0.3 is 4.79 Å².